The zero-order valence-electron chi connectivity index (χ0n) is 16.4. The number of tetrazole rings is 1. The van der Waals surface area contributed by atoms with E-state index in [1.165, 1.54) is 6.33 Å². The number of halogens is 1. The van der Waals surface area contributed by atoms with Gasteiger partial charge in [0.25, 0.3) is 5.91 Å². The number of amides is 1. The van der Waals surface area contributed by atoms with E-state index >= 15 is 0 Å². The van der Waals surface area contributed by atoms with Crippen molar-refractivity contribution in [3.8, 4) is 5.69 Å². The summed E-state index contributed by atoms with van der Waals surface area (Å²) in [5.74, 6) is 0.574. The summed E-state index contributed by atoms with van der Waals surface area (Å²) in [7, 11) is 0. The Balaban J connectivity index is 0.00000261. The van der Waals surface area contributed by atoms with Crippen molar-refractivity contribution in [2.24, 2.45) is 5.92 Å². The zero-order valence-corrected chi connectivity index (χ0v) is 17.2. The van der Waals surface area contributed by atoms with Crippen molar-refractivity contribution in [2.75, 3.05) is 6.54 Å². The summed E-state index contributed by atoms with van der Waals surface area (Å²) in [6.07, 6.45) is 4.79. The second-order valence-corrected chi connectivity index (χ2v) is 8.51. The van der Waals surface area contributed by atoms with E-state index in [0.717, 1.165) is 24.9 Å². The number of carbonyl (C=O) groups excluding carboxylic acids is 1. The molecule has 1 fully saturated rings. The van der Waals surface area contributed by atoms with Crippen molar-refractivity contribution in [2.45, 2.75) is 58.0 Å². The Hall–Kier alpha value is -1.99. The van der Waals surface area contributed by atoms with E-state index in [0.29, 0.717) is 18.0 Å². The van der Waals surface area contributed by atoms with Crippen LogP contribution in [0.4, 0.5) is 0 Å². The summed E-state index contributed by atoms with van der Waals surface area (Å²) in [6.45, 7) is 9.72. The second-order valence-electron chi connectivity index (χ2n) is 8.51. The van der Waals surface area contributed by atoms with Crippen LogP contribution in [0, 0.1) is 5.92 Å². The maximum atomic E-state index is 12.4. The molecule has 1 aromatic heterocycles. The van der Waals surface area contributed by atoms with Crippen LogP contribution >= 0.6 is 12.4 Å². The smallest absolute Gasteiger partial charge is 0.251 e. The number of hydrogen-bond donors (Lipinski definition) is 2. The fraction of sp³-hybridized carbons (Fsp3) is 0.579. The highest BCUT2D eigenvalue weighted by atomic mass is 35.5. The lowest BCUT2D eigenvalue weighted by molar-refractivity contribution is 0.0939. The molecule has 0 radical (unpaired) electrons. The Morgan fingerprint density at radius 1 is 1.19 bits per heavy atom. The molecule has 0 saturated carbocycles. The van der Waals surface area contributed by atoms with Crippen molar-refractivity contribution >= 4 is 18.3 Å². The minimum absolute atomic E-state index is 0. The van der Waals surface area contributed by atoms with E-state index in [9.17, 15) is 4.79 Å². The summed E-state index contributed by atoms with van der Waals surface area (Å²) < 4.78 is 1.56. The lowest BCUT2D eigenvalue weighted by Gasteiger charge is -2.46. The third-order valence-electron chi connectivity index (χ3n) is 4.86. The molecule has 1 aromatic carbocycles. The molecule has 0 atom stereocenters. The maximum absolute atomic E-state index is 12.4. The minimum atomic E-state index is -0.0410. The van der Waals surface area contributed by atoms with Crippen molar-refractivity contribution in [3.05, 3.63) is 36.2 Å². The van der Waals surface area contributed by atoms with E-state index in [4.69, 9.17) is 0 Å². The van der Waals surface area contributed by atoms with Gasteiger partial charge in [-0.05, 0) is 87.6 Å². The normalized spacial score (nSPS) is 18.5. The van der Waals surface area contributed by atoms with Crippen molar-refractivity contribution in [1.82, 2.24) is 30.8 Å². The highest BCUT2D eigenvalue weighted by Crippen LogP contribution is 2.34. The number of hydrogen-bond acceptors (Lipinski definition) is 5. The Labute approximate surface area is 166 Å². The van der Waals surface area contributed by atoms with E-state index in [1.807, 2.05) is 12.1 Å². The maximum Gasteiger partial charge on any atom is 0.251 e. The molecule has 27 heavy (non-hydrogen) atoms. The van der Waals surface area contributed by atoms with Crippen LogP contribution in [0.1, 0.15) is 57.3 Å². The van der Waals surface area contributed by atoms with Crippen molar-refractivity contribution < 1.29 is 4.79 Å². The highest BCUT2D eigenvalue weighted by Gasteiger charge is 2.37. The molecule has 2 N–H and O–H groups in total. The first-order valence-corrected chi connectivity index (χ1v) is 9.15. The van der Waals surface area contributed by atoms with Gasteiger partial charge in [-0.15, -0.1) is 17.5 Å². The number of nitrogens with zero attached hydrogens (tertiary/aromatic N) is 4. The monoisotopic (exact) mass is 392 g/mol. The lowest BCUT2D eigenvalue weighted by atomic mass is 9.75. The Kier molecular flexibility index (Phi) is 6.59. The number of rotatable bonds is 5. The van der Waals surface area contributed by atoms with Gasteiger partial charge in [-0.25, -0.2) is 4.68 Å². The van der Waals surface area contributed by atoms with Crippen molar-refractivity contribution in [3.63, 3.8) is 0 Å². The number of nitrogens with one attached hydrogen (secondary N) is 2. The highest BCUT2D eigenvalue weighted by molar-refractivity contribution is 5.94. The predicted octanol–water partition coefficient (Wildman–Crippen LogP) is 2.76. The third kappa shape index (κ3) is 5.74. The van der Waals surface area contributed by atoms with Crippen LogP contribution in [0.2, 0.25) is 0 Å². The summed E-state index contributed by atoms with van der Waals surface area (Å²) in [6, 6.07) is 7.26. The first kappa shape index (κ1) is 21.3. The fourth-order valence-corrected chi connectivity index (χ4v) is 4.27. The largest absolute Gasteiger partial charge is 0.352 e. The summed E-state index contributed by atoms with van der Waals surface area (Å²) in [5, 5.41) is 17.8. The quantitative estimate of drug-likeness (QED) is 0.817. The SMILES string of the molecule is CC1(C)CC(CCNC(=O)c2ccc(-n3cnnn3)cc2)CC(C)(C)N1.Cl. The molecule has 0 unspecified atom stereocenters. The van der Waals surface area contributed by atoms with E-state index in [-0.39, 0.29) is 29.4 Å². The Morgan fingerprint density at radius 2 is 1.81 bits per heavy atom. The fourth-order valence-electron chi connectivity index (χ4n) is 4.27. The topological polar surface area (TPSA) is 84.7 Å². The molecule has 2 heterocycles. The standard InChI is InChI=1S/C19H28N6O.ClH/c1-18(2)11-14(12-19(3,4)22-18)9-10-20-17(26)15-5-7-16(8-6-15)25-13-21-23-24-25;/h5-8,13-14,22H,9-12H2,1-4H3,(H,20,26);1H. The van der Waals surface area contributed by atoms with E-state index in [2.05, 4.69) is 53.9 Å². The lowest BCUT2D eigenvalue weighted by Crippen LogP contribution is -2.58. The summed E-state index contributed by atoms with van der Waals surface area (Å²) >= 11 is 0. The average molecular weight is 393 g/mol. The second kappa shape index (κ2) is 8.35. The van der Waals surface area contributed by atoms with E-state index < -0.39 is 0 Å². The van der Waals surface area contributed by atoms with Gasteiger partial charge in [0, 0.05) is 23.2 Å². The molecule has 148 valence electrons. The van der Waals surface area contributed by atoms with Gasteiger partial charge in [-0.2, -0.15) is 0 Å². The van der Waals surface area contributed by atoms with Crippen LogP contribution in [-0.4, -0.2) is 43.7 Å². The van der Waals surface area contributed by atoms with Gasteiger partial charge < -0.3 is 10.6 Å². The first-order valence-electron chi connectivity index (χ1n) is 9.15. The number of piperidine rings is 1. The average Bonchev–Trinajstić information content (AvgIpc) is 3.06. The third-order valence-corrected chi connectivity index (χ3v) is 4.86. The number of carbonyl (C=O) groups is 1. The van der Waals surface area contributed by atoms with Crippen LogP contribution in [0.3, 0.4) is 0 Å². The van der Waals surface area contributed by atoms with Gasteiger partial charge in [0.15, 0.2) is 0 Å². The molecule has 1 aliphatic rings. The molecule has 0 aliphatic carbocycles. The van der Waals surface area contributed by atoms with Gasteiger partial charge in [0.1, 0.15) is 6.33 Å². The van der Waals surface area contributed by atoms with Crippen LogP contribution in [0.15, 0.2) is 30.6 Å². The Bertz CT molecular complexity index is 726. The van der Waals surface area contributed by atoms with Crippen LogP contribution in [-0.2, 0) is 0 Å². The molecule has 2 aromatic rings. The summed E-state index contributed by atoms with van der Waals surface area (Å²) in [4.78, 5) is 12.4. The zero-order chi connectivity index (χ0) is 18.8. The Morgan fingerprint density at radius 3 is 2.37 bits per heavy atom. The molecular weight excluding hydrogens is 364 g/mol. The molecule has 7 nitrogen and oxygen atoms in total. The molecule has 0 bridgehead atoms. The van der Waals surface area contributed by atoms with E-state index in [1.54, 1.807) is 16.8 Å². The predicted molar refractivity (Wildman–Crippen MR) is 107 cm³/mol. The molecule has 1 saturated heterocycles. The first-order chi connectivity index (χ1) is 12.2. The molecule has 1 aliphatic heterocycles. The van der Waals surface area contributed by atoms with Crippen LogP contribution in [0.5, 0.6) is 0 Å². The molecule has 3 rings (SSSR count). The van der Waals surface area contributed by atoms with Gasteiger partial charge in [-0.3, -0.25) is 4.79 Å². The number of benzene rings is 1. The molecule has 1 amide bonds. The molecule has 8 heteroatoms. The molecular formula is C19H29ClN6O. The molecule has 0 spiro atoms. The van der Waals surface area contributed by atoms with Crippen LogP contribution in [0.25, 0.3) is 5.69 Å². The van der Waals surface area contributed by atoms with Gasteiger partial charge in [0.05, 0.1) is 5.69 Å². The van der Waals surface area contributed by atoms with Gasteiger partial charge in [0.2, 0.25) is 0 Å². The minimum Gasteiger partial charge on any atom is -0.352 e. The van der Waals surface area contributed by atoms with Crippen molar-refractivity contribution in [1.29, 1.82) is 0 Å². The van der Waals surface area contributed by atoms with Crippen LogP contribution < -0.4 is 10.6 Å². The number of aromatic nitrogens is 4. The van der Waals surface area contributed by atoms with Gasteiger partial charge >= 0.3 is 0 Å². The van der Waals surface area contributed by atoms with Gasteiger partial charge in [-0.1, -0.05) is 0 Å². The summed E-state index contributed by atoms with van der Waals surface area (Å²) in [5.41, 5.74) is 1.75.